The maximum absolute atomic E-state index is 15.8. The van der Waals surface area contributed by atoms with Gasteiger partial charge in [0.1, 0.15) is 17.0 Å². The fourth-order valence-corrected chi connectivity index (χ4v) is 4.64. The highest BCUT2D eigenvalue weighted by atomic mass is 35.5. The van der Waals surface area contributed by atoms with E-state index in [-0.39, 0.29) is 18.1 Å². The zero-order valence-electron chi connectivity index (χ0n) is 23.2. The van der Waals surface area contributed by atoms with E-state index in [0.717, 1.165) is 10.9 Å². The summed E-state index contributed by atoms with van der Waals surface area (Å²) in [6.07, 6.45) is 2.32. The third-order valence-corrected chi connectivity index (χ3v) is 7.69. The minimum atomic E-state index is -0.960. The molecular formula is C31H34ClFN4O2. The second kappa shape index (κ2) is 10.9. The molecule has 8 heteroatoms. The van der Waals surface area contributed by atoms with Crippen LogP contribution < -0.4 is 15.8 Å². The zero-order chi connectivity index (χ0) is 28.5. The number of benzene rings is 2. The number of carbonyl (C=O) groups is 1. The van der Waals surface area contributed by atoms with E-state index in [1.54, 1.807) is 57.5 Å². The summed E-state index contributed by atoms with van der Waals surface area (Å²) in [7, 11) is 1.55. The largest absolute Gasteiger partial charge is 0.494 e. The lowest BCUT2D eigenvalue weighted by atomic mass is 9.80. The van der Waals surface area contributed by atoms with Crippen LogP contribution >= 0.6 is 11.6 Å². The van der Waals surface area contributed by atoms with Gasteiger partial charge < -0.3 is 15.8 Å². The van der Waals surface area contributed by atoms with E-state index in [9.17, 15) is 4.79 Å². The lowest BCUT2D eigenvalue weighted by Gasteiger charge is -2.31. The first-order valence-electron chi connectivity index (χ1n) is 12.9. The molecule has 6 nitrogen and oxygen atoms in total. The molecule has 2 aromatic carbocycles. The van der Waals surface area contributed by atoms with Crippen LogP contribution in [-0.4, -0.2) is 29.5 Å². The van der Waals surface area contributed by atoms with Crippen LogP contribution in [0.2, 0.25) is 5.02 Å². The van der Waals surface area contributed by atoms with Crippen molar-refractivity contribution in [2.24, 2.45) is 5.73 Å². The lowest BCUT2D eigenvalue weighted by molar-refractivity contribution is 0.0943. The first kappa shape index (κ1) is 28.5. The predicted octanol–water partition coefficient (Wildman–Crippen LogP) is 6.70. The summed E-state index contributed by atoms with van der Waals surface area (Å²) in [5.74, 6) is -0.218. The Balaban J connectivity index is 1.72. The highest BCUT2D eigenvalue weighted by molar-refractivity contribution is 6.31. The number of nitrogens with one attached hydrogen (secondary N) is 1. The molecule has 4 rings (SSSR count). The molecule has 0 aliphatic heterocycles. The summed E-state index contributed by atoms with van der Waals surface area (Å²) in [5, 5.41) is 4.38. The van der Waals surface area contributed by atoms with Crippen LogP contribution in [0.25, 0.3) is 22.2 Å². The van der Waals surface area contributed by atoms with Crippen molar-refractivity contribution in [3.8, 4) is 17.0 Å². The molecule has 1 amide bonds. The quantitative estimate of drug-likeness (QED) is 0.256. The summed E-state index contributed by atoms with van der Waals surface area (Å²) >= 11 is 6.37. The van der Waals surface area contributed by atoms with Crippen molar-refractivity contribution in [3.05, 3.63) is 88.0 Å². The molecule has 39 heavy (non-hydrogen) atoms. The van der Waals surface area contributed by atoms with Crippen molar-refractivity contribution >= 4 is 28.4 Å². The topological polar surface area (TPSA) is 90.1 Å². The third kappa shape index (κ3) is 5.75. The number of halogens is 2. The van der Waals surface area contributed by atoms with Gasteiger partial charge in [0.25, 0.3) is 5.91 Å². The summed E-state index contributed by atoms with van der Waals surface area (Å²) in [6, 6.07) is 14.2. The molecule has 0 bridgehead atoms. The van der Waals surface area contributed by atoms with E-state index in [0.29, 0.717) is 45.1 Å². The number of amides is 1. The number of methoxy groups -OCH3 is 1. The number of hydrogen-bond donors (Lipinski definition) is 2. The molecule has 3 N–H and O–H groups in total. The molecular weight excluding hydrogens is 515 g/mol. The molecule has 1 unspecified atom stereocenters. The van der Waals surface area contributed by atoms with Crippen LogP contribution in [-0.2, 0) is 11.0 Å². The molecule has 0 saturated carbocycles. The lowest BCUT2D eigenvalue weighted by Crippen LogP contribution is -2.40. The van der Waals surface area contributed by atoms with Crippen molar-refractivity contribution in [2.75, 3.05) is 13.7 Å². The number of nitrogens with two attached hydrogens (primary N) is 1. The molecule has 0 aliphatic rings. The monoisotopic (exact) mass is 548 g/mol. The Hall–Kier alpha value is -3.55. The number of pyridine rings is 2. The van der Waals surface area contributed by atoms with Gasteiger partial charge in [-0.25, -0.2) is 9.37 Å². The van der Waals surface area contributed by atoms with Gasteiger partial charge in [-0.3, -0.25) is 9.78 Å². The first-order chi connectivity index (χ1) is 18.4. The molecule has 0 fully saturated rings. The highest BCUT2D eigenvalue weighted by Gasteiger charge is 2.32. The van der Waals surface area contributed by atoms with Gasteiger partial charge in [-0.05, 0) is 63.1 Å². The van der Waals surface area contributed by atoms with Crippen LogP contribution in [0.3, 0.4) is 0 Å². The van der Waals surface area contributed by atoms with Gasteiger partial charge in [0.15, 0.2) is 5.82 Å². The average molecular weight is 549 g/mol. The first-order valence-corrected chi connectivity index (χ1v) is 13.2. The number of carbonyl (C=O) groups excluding carboxylic acids is 1. The normalized spacial score (nSPS) is 13.3. The van der Waals surface area contributed by atoms with Crippen molar-refractivity contribution < 1.29 is 13.9 Å². The molecule has 0 saturated heterocycles. The number of aryl methyl sites for hydroxylation is 1. The Morgan fingerprint density at radius 2 is 1.90 bits per heavy atom. The van der Waals surface area contributed by atoms with Gasteiger partial charge in [0.2, 0.25) is 0 Å². The second-order valence-corrected chi connectivity index (χ2v) is 11.2. The SMILES string of the molecule is CCC(C)(CNC(=O)c1cc(OC)c2ncccc2c1)c1cc(C(C)(C)N)c(F)c(-c2ccc(C)c(Cl)c2)n1. The molecule has 2 heterocycles. The standard InChI is InChI=1S/C31H34ClFN4O2/c1-7-31(5,17-36-29(38)21-13-19-9-8-12-35-27(19)24(15-21)39-6)25-16-22(30(3,4)34)26(33)28(37-25)20-11-10-18(2)23(32)14-20/h8-16H,7,17,34H2,1-6H3,(H,36,38). The van der Waals surface area contributed by atoms with Crippen molar-refractivity contribution in [1.29, 1.82) is 0 Å². The van der Waals surface area contributed by atoms with Crippen LogP contribution in [0, 0.1) is 12.7 Å². The number of fused-ring (bicyclic) bond motifs is 1. The maximum Gasteiger partial charge on any atom is 0.251 e. The van der Waals surface area contributed by atoms with Gasteiger partial charge in [-0.1, -0.05) is 43.6 Å². The van der Waals surface area contributed by atoms with E-state index in [4.69, 9.17) is 27.1 Å². The summed E-state index contributed by atoms with van der Waals surface area (Å²) in [5.41, 5.74) is 8.58. The molecule has 204 valence electrons. The number of hydrogen-bond acceptors (Lipinski definition) is 5. The van der Waals surface area contributed by atoms with Crippen molar-refractivity contribution in [1.82, 2.24) is 15.3 Å². The molecule has 0 aliphatic carbocycles. The van der Waals surface area contributed by atoms with E-state index < -0.39 is 16.8 Å². The minimum Gasteiger partial charge on any atom is -0.494 e. The predicted molar refractivity (Wildman–Crippen MR) is 155 cm³/mol. The molecule has 0 radical (unpaired) electrons. The van der Waals surface area contributed by atoms with Crippen molar-refractivity contribution in [3.63, 3.8) is 0 Å². The summed E-state index contributed by atoms with van der Waals surface area (Å²) < 4.78 is 21.3. The number of ether oxygens (including phenoxy) is 1. The van der Waals surface area contributed by atoms with Crippen LogP contribution in [0.4, 0.5) is 4.39 Å². The Morgan fingerprint density at radius 1 is 1.15 bits per heavy atom. The smallest absolute Gasteiger partial charge is 0.251 e. The van der Waals surface area contributed by atoms with Gasteiger partial charge in [-0.15, -0.1) is 0 Å². The Bertz CT molecular complexity index is 1550. The zero-order valence-corrected chi connectivity index (χ0v) is 23.9. The summed E-state index contributed by atoms with van der Waals surface area (Å²) in [4.78, 5) is 22.4. The number of rotatable bonds is 8. The second-order valence-electron chi connectivity index (χ2n) is 10.8. The fraction of sp³-hybridized carbons (Fsp3) is 0.323. The third-order valence-electron chi connectivity index (χ3n) is 7.29. The Kier molecular flexibility index (Phi) is 7.96. The maximum atomic E-state index is 15.8. The van der Waals surface area contributed by atoms with Crippen LogP contribution in [0.5, 0.6) is 5.75 Å². The minimum absolute atomic E-state index is 0.181. The fourth-order valence-electron chi connectivity index (χ4n) is 4.46. The van der Waals surface area contributed by atoms with Crippen molar-refractivity contribution in [2.45, 2.75) is 52.0 Å². The Labute approximate surface area is 233 Å². The van der Waals surface area contributed by atoms with Gasteiger partial charge >= 0.3 is 0 Å². The van der Waals surface area contributed by atoms with Gasteiger partial charge in [-0.2, -0.15) is 0 Å². The van der Waals surface area contributed by atoms with Gasteiger partial charge in [0, 0.05) is 56.5 Å². The average Bonchev–Trinajstić information content (AvgIpc) is 2.91. The molecule has 0 spiro atoms. The van der Waals surface area contributed by atoms with Crippen LogP contribution in [0.1, 0.15) is 61.3 Å². The van der Waals surface area contributed by atoms with E-state index in [1.165, 1.54) is 0 Å². The number of aromatic nitrogens is 2. The number of nitrogens with zero attached hydrogens (tertiary/aromatic N) is 2. The molecule has 2 aromatic heterocycles. The summed E-state index contributed by atoms with van der Waals surface area (Å²) in [6.45, 7) is 9.68. The van der Waals surface area contributed by atoms with Gasteiger partial charge in [0.05, 0.1) is 7.11 Å². The Morgan fingerprint density at radius 3 is 2.54 bits per heavy atom. The van der Waals surface area contributed by atoms with E-state index >= 15 is 4.39 Å². The highest BCUT2D eigenvalue weighted by Crippen LogP contribution is 2.35. The molecule has 4 aromatic rings. The van der Waals surface area contributed by atoms with Crippen LogP contribution in [0.15, 0.2) is 54.7 Å². The molecule has 1 atom stereocenters. The van der Waals surface area contributed by atoms with E-state index in [2.05, 4.69) is 10.3 Å². The van der Waals surface area contributed by atoms with E-state index in [1.807, 2.05) is 39.0 Å².